The lowest BCUT2D eigenvalue weighted by Gasteiger charge is -2.12. The van der Waals surface area contributed by atoms with E-state index in [4.69, 9.17) is 0 Å². The second-order valence-corrected chi connectivity index (χ2v) is 6.61. The lowest BCUT2D eigenvalue weighted by Crippen LogP contribution is -2.37. The summed E-state index contributed by atoms with van der Waals surface area (Å²) in [6, 6.07) is 9.84. The van der Waals surface area contributed by atoms with Gasteiger partial charge in [0, 0.05) is 17.0 Å². The normalized spacial score (nSPS) is 12.2. The van der Waals surface area contributed by atoms with Crippen molar-refractivity contribution in [2.24, 2.45) is 0 Å². The molecule has 124 valence electrons. The molecule has 0 saturated carbocycles. The number of amides is 1. The minimum absolute atomic E-state index is 0.0177. The van der Waals surface area contributed by atoms with E-state index >= 15 is 0 Å². The van der Waals surface area contributed by atoms with E-state index < -0.39 is 0 Å². The van der Waals surface area contributed by atoms with Gasteiger partial charge >= 0.3 is 0 Å². The first kappa shape index (κ1) is 16.4. The summed E-state index contributed by atoms with van der Waals surface area (Å²) in [5.41, 5.74) is 1.66. The van der Waals surface area contributed by atoms with Gasteiger partial charge in [-0.3, -0.25) is 14.2 Å². The van der Waals surface area contributed by atoms with Crippen molar-refractivity contribution in [1.29, 1.82) is 0 Å². The third-order valence-corrected chi connectivity index (χ3v) is 4.87. The molecule has 2 heterocycles. The number of hydrogen-bond acceptors (Lipinski definition) is 4. The van der Waals surface area contributed by atoms with Gasteiger partial charge in [0.15, 0.2) is 0 Å². The summed E-state index contributed by atoms with van der Waals surface area (Å²) < 4.78 is 1.37. The number of aromatic nitrogens is 2. The van der Waals surface area contributed by atoms with Crippen molar-refractivity contribution in [2.45, 2.75) is 32.9 Å². The van der Waals surface area contributed by atoms with Gasteiger partial charge in [0.25, 0.3) is 5.56 Å². The first-order chi connectivity index (χ1) is 11.6. The Labute approximate surface area is 144 Å². The molecule has 0 bridgehead atoms. The Kier molecular flexibility index (Phi) is 4.76. The third kappa shape index (κ3) is 3.23. The molecule has 1 N–H and O–H groups in total. The maximum atomic E-state index is 12.8. The largest absolute Gasteiger partial charge is 0.352 e. The molecule has 0 fully saturated rings. The SMILES string of the molecule is CC[C@H](C)NC(=O)Cn1cnc2scc(-c3ccccc3)c2c1=O. The van der Waals surface area contributed by atoms with Crippen LogP contribution in [-0.4, -0.2) is 21.5 Å². The molecule has 0 radical (unpaired) electrons. The van der Waals surface area contributed by atoms with E-state index in [1.54, 1.807) is 0 Å². The number of nitrogens with zero attached hydrogens (tertiary/aromatic N) is 2. The first-order valence-corrected chi connectivity index (χ1v) is 8.79. The number of thiophene rings is 1. The summed E-state index contributed by atoms with van der Waals surface area (Å²) in [4.78, 5) is 29.9. The van der Waals surface area contributed by atoms with Crippen LogP contribution in [0, 0.1) is 0 Å². The van der Waals surface area contributed by atoms with Crippen molar-refractivity contribution in [3.05, 3.63) is 52.4 Å². The summed E-state index contributed by atoms with van der Waals surface area (Å²) in [7, 11) is 0. The minimum atomic E-state index is -0.181. The Bertz CT molecular complexity index is 915. The molecule has 5 nitrogen and oxygen atoms in total. The average molecular weight is 341 g/mol. The van der Waals surface area contributed by atoms with Crippen LogP contribution in [0.15, 0.2) is 46.8 Å². The zero-order valence-electron chi connectivity index (χ0n) is 13.7. The topological polar surface area (TPSA) is 64.0 Å². The van der Waals surface area contributed by atoms with E-state index in [0.717, 1.165) is 17.5 Å². The third-order valence-electron chi connectivity index (χ3n) is 3.98. The fourth-order valence-electron chi connectivity index (χ4n) is 2.49. The second kappa shape index (κ2) is 6.97. The molecule has 0 saturated heterocycles. The Hall–Kier alpha value is -2.47. The Morgan fingerprint density at radius 1 is 1.33 bits per heavy atom. The number of benzene rings is 1. The predicted octanol–water partition coefficient (Wildman–Crippen LogP) is 3.04. The first-order valence-electron chi connectivity index (χ1n) is 7.91. The van der Waals surface area contributed by atoms with Crippen LogP contribution in [0.25, 0.3) is 21.3 Å². The van der Waals surface area contributed by atoms with Crippen LogP contribution in [-0.2, 0) is 11.3 Å². The van der Waals surface area contributed by atoms with E-state index in [-0.39, 0.29) is 24.1 Å². The number of rotatable bonds is 5. The Morgan fingerprint density at radius 2 is 2.08 bits per heavy atom. The summed E-state index contributed by atoms with van der Waals surface area (Å²) in [6.45, 7) is 3.92. The number of nitrogens with one attached hydrogen (secondary N) is 1. The molecule has 6 heteroatoms. The van der Waals surface area contributed by atoms with Crippen LogP contribution in [0.5, 0.6) is 0 Å². The average Bonchev–Trinajstić information content (AvgIpc) is 3.03. The van der Waals surface area contributed by atoms with Crippen molar-refractivity contribution >= 4 is 27.5 Å². The fraction of sp³-hybridized carbons (Fsp3) is 0.278. The van der Waals surface area contributed by atoms with Crippen LogP contribution in [0.4, 0.5) is 0 Å². The van der Waals surface area contributed by atoms with Gasteiger partial charge in [-0.2, -0.15) is 0 Å². The van der Waals surface area contributed by atoms with Gasteiger partial charge in [-0.15, -0.1) is 11.3 Å². The summed E-state index contributed by atoms with van der Waals surface area (Å²) in [5.74, 6) is -0.177. The molecular formula is C18H19N3O2S. The van der Waals surface area contributed by atoms with Crippen LogP contribution in [0.1, 0.15) is 20.3 Å². The number of carbonyl (C=O) groups is 1. The maximum Gasteiger partial charge on any atom is 0.263 e. The molecule has 1 atom stereocenters. The lowest BCUT2D eigenvalue weighted by atomic mass is 10.1. The maximum absolute atomic E-state index is 12.8. The highest BCUT2D eigenvalue weighted by Crippen LogP contribution is 2.30. The van der Waals surface area contributed by atoms with E-state index in [1.165, 1.54) is 22.2 Å². The summed E-state index contributed by atoms with van der Waals surface area (Å²) in [5, 5.41) is 5.39. The molecule has 0 aliphatic carbocycles. The lowest BCUT2D eigenvalue weighted by molar-refractivity contribution is -0.122. The van der Waals surface area contributed by atoms with Crippen molar-refractivity contribution in [1.82, 2.24) is 14.9 Å². The molecule has 24 heavy (non-hydrogen) atoms. The molecule has 0 spiro atoms. The van der Waals surface area contributed by atoms with E-state index in [1.807, 2.05) is 49.6 Å². The monoisotopic (exact) mass is 341 g/mol. The number of carbonyl (C=O) groups excluding carboxylic acids is 1. The fourth-order valence-corrected chi connectivity index (χ4v) is 3.39. The van der Waals surface area contributed by atoms with Crippen molar-refractivity contribution in [3.63, 3.8) is 0 Å². The standard InChI is InChI=1S/C18H19N3O2S/c1-3-12(2)20-15(22)9-21-11-19-17-16(18(21)23)14(10-24-17)13-7-5-4-6-8-13/h4-8,10-12H,3,9H2,1-2H3,(H,20,22)/t12-/m0/s1. The molecule has 0 aliphatic rings. The Balaban J connectivity index is 1.99. The van der Waals surface area contributed by atoms with Gasteiger partial charge in [0.05, 0.1) is 11.7 Å². The molecule has 1 amide bonds. The summed E-state index contributed by atoms with van der Waals surface area (Å²) >= 11 is 1.44. The van der Waals surface area contributed by atoms with Crippen LogP contribution < -0.4 is 10.9 Å². The quantitative estimate of drug-likeness (QED) is 0.776. The molecule has 3 aromatic rings. The van der Waals surface area contributed by atoms with Crippen LogP contribution >= 0.6 is 11.3 Å². The van der Waals surface area contributed by atoms with Gasteiger partial charge < -0.3 is 5.32 Å². The zero-order chi connectivity index (χ0) is 17.1. The molecule has 0 aliphatic heterocycles. The van der Waals surface area contributed by atoms with Gasteiger partial charge in [-0.25, -0.2) is 4.98 Å². The Morgan fingerprint density at radius 3 is 2.79 bits per heavy atom. The molecular weight excluding hydrogens is 322 g/mol. The van der Waals surface area contributed by atoms with Crippen LogP contribution in [0.3, 0.4) is 0 Å². The second-order valence-electron chi connectivity index (χ2n) is 5.75. The minimum Gasteiger partial charge on any atom is -0.352 e. The van der Waals surface area contributed by atoms with Crippen LogP contribution in [0.2, 0.25) is 0 Å². The van der Waals surface area contributed by atoms with Gasteiger partial charge in [-0.05, 0) is 18.9 Å². The summed E-state index contributed by atoms with van der Waals surface area (Å²) in [6.07, 6.45) is 2.30. The van der Waals surface area contributed by atoms with Crippen molar-refractivity contribution < 1.29 is 4.79 Å². The predicted molar refractivity (Wildman–Crippen MR) is 97.2 cm³/mol. The van der Waals surface area contributed by atoms with Gasteiger partial charge in [0.1, 0.15) is 11.4 Å². The van der Waals surface area contributed by atoms with E-state index in [0.29, 0.717) is 10.2 Å². The smallest absolute Gasteiger partial charge is 0.263 e. The zero-order valence-corrected chi connectivity index (χ0v) is 14.5. The highest BCUT2D eigenvalue weighted by molar-refractivity contribution is 7.17. The number of fused-ring (bicyclic) bond motifs is 1. The molecule has 0 unspecified atom stereocenters. The van der Waals surface area contributed by atoms with Gasteiger partial charge in [-0.1, -0.05) is 37.3 Å². The highest BCUT2D eigenvalue weighted by Gasteiger charge is 2.15. The molecule has 2 aromatic heterocycles. The van der Waals surface area contributed by atoms with Crippen molar-refractivity contribution in [3.8, 4) is 11.1 Å². The number of hydrogen-bond donors (Lipinski definition) is 1. The van der Waals surface area contributed by atoms with Gasteiger partial charge in [0.2, 0.25) is 5.91 Å². The van der Waals surface area contributed by atoms with Crippen molar-refractivity contribution in [2.75, 3.05) is 0 Å². The highest BCUT2D eigenvalue weighted by atomic mass is 32.1. The molecule has 3 rings (SSSR count). The van der Waals surface area contributed by atoms with E-state index in [9.17, 15) is 9.59 Å². The van der Waals surface area contributed by atoms with E-state index in [2.05, 4.69) is 10.3 Å². The molecule has 1 aromatic carbocycles.